The number of hydrogen-bond acceptors (Lipinski definition) is 1. The summed E-state index contributed by atoms with van der Waals surface area (Å²) in [5.74, 6) is 1.63. The molecule has 1 aromatic rings. The van der Waals surface area contributed by atoms with Crippen LogP contribution in [-0.4, -0.2) is 12.1 Å². The molecule has 2 heteroatoms. The largest absolute Gasteiger partial charge is 0.311 e. The summed E-state index contributed by atoms with van der Waals surface area (Å²) in [6, 6.07) is 10.4. The minimum atomic E-state index is 0.754. The summed E-state index contributed by atoms with van der Waals surface area (Å²) in [7, 11) is 0. The van der Waals surface area contributed by atoms with Crippen LogP contribution >= 0.6 is 15.9 Å². The Morgan fingerprint density at radius 1 is 1.10 bits per heavy atom. The van der Waals surface area contributed by atoms with Crippen LogP contribution in [0.2, 0.25) is 0 Å². The third kappa shape index (κ3) is 3.46. The van der Waals surface area contributed by atoms with E-state index < -0.39 is 0 Å². The summed E-state index contributed by atoms with van der Waals surface area (Å²) >= 11 is 3.58. The maximum atomic E-state index is 3.95. The maximum absolute atomic E-state index is 3.95. The fourth-order valence-corrected chi connectivity index (χ4v) is 4.25. The van der Waals surface area contributed by atoms with Gasteiger partial charge in [0.2, 0.25) is 0 Å². The molecule has 2 aliphatic carbocycles. The zero-order valence-corrected chi connectivity index (χ0v) is 14.0. The average molecular weight is 336 g/mol. The van der Waals surface area contributed by atoms with Gasteiger partial charge in [0.05, 0.1) is 0 Å². The highest BCUT2D eigenvalue weighted by atomic mass is 79.9. The number of halogens is 1. The van der Waals surface area contributed by atoms with Crippen LogP contribution in [0.5, 0.6) is 0 Å². The molecule has 0 saturated heterocycles. The Bertz CT molecular complexity index is 439. The molecule has 1 nitrogen and oxygen atoms in total. The molecule has 0 bridgehead atoms. The predicted molar refractivity (Wildman–Crippen MR) is 89.1 cm³/mol. The SMILES string of the molecule is CC1CCCCCC1NC1CC(c2cccc(Br)c2)C1. The lowest BCUT2D eigenvalue weighted by atomic mass is 9.75. The van der Waals surface area contributed by atoms with Gasteiger partial charge in [-0.25, -0.2) is 0 Å². The summed E-state index contributed by atoms with van der Waals surface area (Å²) in [6.45, 7) is 2.44. The van der Waals surface area contributed by atoms with Crippen molar-refractivity contribution in [2.45, 2.75) is 69.9 Å². The second-order valence-corrected chi connectivity index (χ2v) is 7.72. The first-order chi connectivity index (χ1) is 9.72. The van der Waals surface area contributed by atoms with Gasteiger partial charge in [0, 0.05) is 16.6 Å². The molecule has 2 aliphatic rings. The highest BCUT2D eigenvalue weighted by Crippen LogP contribution is 2.38. The fourth-order valence-electron chi connectivity index (χ4n) is 3.83. The molecule has 0 heterocycles. The van der Waals surface area contributed by atoms with E-state index in [9.17, 15) is 0 Å². The van der Waals surface area contributed by atoms with Crippen LogP contribution in [0.4, 0.5) is 0 Å². The van der Waals surface area contributed by atoms with E-state index in [0.29, 0.717) is 0 Å². The molecule has 1 aromatic carbocycles. The van der Waals surface area contributed by atoms with Crippen molar-refractivity contribution < 1.29 is 0 Å². The molecule has 1 N–H and O–H groups in total. The third-order valence-corrected chi connectivity index (χ3v) is 5.76. The van der Waals surface area contributed by atoms with E-state index in [1.54, 1.807) is 0 Å². The Kier molecular flexibility index (Phi) is 4.83. The topological polar surface area (TPSA) is 12.0 Å². The quantitative estimate of drug-likeness (QED) is 0.743. The second-order valence-electron chi connectivity index (χ2n) is 6.81. The molecule has 2 fully saturated rings. The van der Waals surface area contributed by atoms with Crippen molar-refractivity contribution >= 4 is 15.9 Å². The van der Waals surface area contributed by atoms with Gasteiger partial charge in [0.15, 0.2) is 0 Å². The van der Waals surface area contributed by atoms with E-state index in [1.807, 2.05) is 0 Å². The molecule has 0 radical (unpaired) electrons. The smallest absolute Gasteiger partial charge is 0.0178 e. The van der Waals surface area contributed by atoms with Gasteiger partial charge in [0.1, 0.15) is 0 Å². The number of benzene rings is 1. The molecule has 0 spiro atoms. The second kappa shape index (κ2) is 6.62. The van der Waals surface area contributed by atoms with E-state index in [4.69, 9.17) is 0 Å². The van der Waals surface area contributed by atoms with E-state index >= 15 is 0 Å². The van der Waals surface area contributed by atoms with Crippen molar-refractivity contribution in [1.29, 1.82) is 0 Å². The lowest BCUT2D eigenvalue weighted by Crippen LogP contribution is -2.47. The predicted octanol–water partition coefficient (Wildman–Crippen LogP) is 5.25. The van der Waals surface area contributed by atoms with Gasteiger partial charge >= 0.3 is 0 Å². The van der Waals surface area contributed by atoms with Crippen molar-refractivity contribution in [3.05, 3.63) is 34.3 Å². The van der Waals surface area contributed by atoms with E-state index in [1.165, 1.54) is 55.0 Å². The normalized spacial score (nSPS) is 34.3. The van der Waals surface area contributed by atoms with Crippen molar-refractivity contribution in [2.24, 2.45) is 5.92 Å². The van der Waals surface area contributed by atoms with Gasteiger partial charge in [0.25, 0.3) is 0 Å². The van der Waals surface area contributed by atoms with E-state index in [0.717, 1.165) is 23.9 Å². The zero-order chi connectivity index (χ0) is 13.9. The van der Waals surface area contributed by atoms with Gasteiger partial charge in [-0.05, 0) is 55.2 Å². The first kappa shape index (κ1) is 14.6. The molecule has 110 valence electrons. The van der Waals surface area contributed by atoms with Crippen LogP contribution < -0.4 is 5.32 Å². The summed E-state index contributed by atoms with van der Waals surface area (Å²) in [5.41, 5.74) is 1.51. The molecule has 0 aliphatic heterocycles. The van der Waals surface area contributed by atoms with E-state index in [-0.39, 0.29) is 0 Å². The Morgan fingerprint density at radius 2 is 1.90 bits per heavy atom. The highest BCUT2D eigenvalue weighted by molar-refractivity contribution is 9.10. The van der Waals surface area contributed by atoms with Crippen molar-refractivity contribution in [3.63, 3.8) is 0 Å². The Balaban J connectivity index is 1.50. The van der Waals surface area contributed by atoms with Crippen molar-refractivity contribution in [2.75, 3.05) is 0 Å². The number of nitrogens with one attached hydrogen (secondary N) is 1. The molecule has 3 rings (SSSR count). The van der Waals surface area contributed by atoms with Gasteiger partial charge < -0.3 is 5.32 Å². The standard InChI is InChI=1S/C18H26BrN/c1-13-6-3-2-4-9-18(13)20-17-11-15(12-17)14-7-5-8-16(19)10-14/h5,7-8,10,13,15,17-18,20H,2-4,6,9,11-12H2,1H3. The zero-order valence-electron chi connectivity index (χ0n) is 12.4. The summed E-state index contributed by atoms with van der Waals surface area (Å²) in [6.07, 6.45) is 9.74. The number of hydrogen-bond donors (Lipinski definition) is 1. The van der Waals surface area contributed by atoms with Gasteiger partial charge in [-0.1, -0.05) is 54.2 Å². The first-order valence-electron chi connectivity index (χ1n) is 8.24. The monoisotopic (exact) mass is 335 g/mol. The lowest BCUT2D eigenvalue weighted by molar-refractivity contribution is 0.228. The first-order valence-corrected chi connectivity index (χ1v) is 9.03. The number of rotatable bonds is 3. The third-order valence-electron chi connectivity index (χ3n) is 5.27. The molecule has 2 saturated carbocycles. The Morgan fingerprint density at radius 3 is 2.70 bits per heavy atom. The van der Waals surface area contributed by atoms with Crippen LogP contribution in [0.15, 0.2) is 28.7 Å². The lowest BCUT2D eigenvalue weighted by Gasteiger charge is -2.40. The summed E-state index contributed by atoms with van der Waals surface area (Å²) in [4.78, 5) is 0. The van der Waals surface area contributed by atoms with Crippen LogP contribution in [0.1, 0.15) is 63.4 Å². The molecule has 20 heavy (non-hydrogen) atoms. The van der Waals surface area contributed by atoms with Crippen molar-refractivity contribution in [1.82, 2.24) is 5.32 Å². The van der Waals surface area contributed by atoms with Gasteiger partial charge in [-0.2, -0.15) is 0 Å². The minimum absolute atomic E-state index is 0.754. The molecule has 0 aromatic heterocycles. The van der Waals surface area contributed by atoms with Crippen molar-refractivity contribution in [3.8, 4) is 0 Å². The molecule has 2 atom stereocenters. The summed E-state index contributed by atoms with van der Waals surface area (Å²) in [5, 5.41) is 3.95. The van der Waals surface area contributed by atoms with Crippen LogP contribution in [-0.2, 0) is 0 Å². The van der Waals surface area contributed by atoms with Gasteiger partial charge in [-0.15, -0.1) is 0 Å². The van der Waals surface area contributed by atoms with E-state index in [2.05, 4.69) is 52.4 Å². The van der Waals surface area contributed by atoms with Crippen LogP contribution in [0.3, 0.4) is 0 Å². The average Bonchev–Trinajstić information content (AvgIpc) is 2.58. The molecule has 0 amide bonds. The van der Waals surface area contributed by atoms with Gasteiger partial charge in [-0.3, -0.25) is 0 Å². The van der Waals surface area contributed by atoms with Crippen LogP contribution in [0, 0.1) is 5.92 Å². The molecular weight excluding hydrogens is 310 g/mol. The minimum Gasteiger partial charge on any atom is -0.311 e. The molecule has 2 unspecified atom stereocenters. The fraction of sp³-hybridized carbons (Fsp3) is 0.667. The Labute approximate surface area is 131 Å². The van der Waals surface area contributed by atoms with Crippen LogP contribution in [0.25, 0.3) is 0 Å². The summed E-state index contributed by atoms with van der Waals surface area (Å²) < 4.78 is 1.21. The Hall–Kier alpha value is -0.340. The highest BCUT2D eigenvalue weighted by Gasteiger charge is 2.33. The molecular formula is C18H26BrN. The maximum Gasteiger partial charge on any atom is 0.0178 e.